The minimum absolute atomic E-state index is 0.124. The van der Waals surface area contributed by atoms with Gasteiger partial charge in [0.25, 0.3) is 0 Å². The van der Waals surface area contributed by atoms with Crippen molar-refractivity contribution in [2.45, 2.75) is 6.04 Å². The maximum atomic E-state index is 12.0. The Morgan fingerprint density at radius 3 is 2.67 bits per heavy atom. The molecule has 15 heavy (non-hydrogen) atoms. The molecule has 0 saturated carbocycles. The summed E-state index contributed by atoms with van der Waals surface area (Å²) in [7, 11) is 5.99. The van der Waals surface area contributed by atoms with E-state index in [9.17, 15) is 4.79 Å². The monoisotopic (exact) mass is 214 g/mol. The minimum atomic E-state index is -0.124. The van der Waals surface area contributed by atoms with E-state index in [4.69, 9.17) is 5.73 Å². The van der Waals surface area contributed by atoms with Crippen LogP contribution >= 0.6 is 0 Å². The van der Waals surface area contributed by atoms with E-state index in [-0.39, 0.29) is 11.9 Å². The van der Waals surface area contributed by atoms with Gasteiger partial charge in [-0.3, -0.25) is 9.69 Å². The molecule has 0 aromatic carbocycles. The van der Waals surface area contributed by atoms with Crippen LogP contribution in [0.25, 0.3) is 0 Å². The molecule has 1 rings (SSSR count). The largest absolute Gasteiger partial charge is 0.339 e. The van der Waals surface area contributed by atoms with Gasteiger partial charge in [0.15, 0.2) is 0 Å². The fraction of sp³-hybridized carbons (Fsp3) is 0.900. The van der Waals surface area contributed by atoms with Gasteiger partial charge in [-0.05, 0) is 21.1 Å². The topological polar surface area (TPSA) is 52.8 Å². The van der Waals surface area contributed by atoms with Gasteiger partial charge in [-0.25, -0.2) is 0 Å². The molecule has 0 aromatic heterocycles. The van der Waals surface area contributed by atoms with E-state index in [1.54, 1.807) is 0 Å². The Morgan fingerprint density at radius 2 is 2.13 bits per heavy atom. The third-order valence-corrected chi connectivity index (χ3v) is 2.89. The Kier molecular flexibility index (Phi) is 4.50. The normalized spacial score (nSPS) is 23.9. The number of rotatable bonds is 4. The van der Waals surface area contributed by atoms with E-state index < -0.39 is 0 Å². The maximum Gasteiger partial charge on any atom is 0.241 e. The first-order valence-electron chi connectivity index (χ1n) is 5.40. The van der Waals surface area contributed by atoms with Crippen LogP contribution < -0.4 is 5.73 Å². The number of piperazine rings is 1. The first-order valence-corrected chi connectivity index (χ1v) is 5.40. The Hall–Kier alpha value is -0.650. The number of carbonyl (C=O) groups is 1. The highest BCUT2D eigenvalue weighted by molar-refractivity contribution is 5.82. The molecule has 1 amide bonds. The first-order chi connectivity index (χ1) is 7.06. The Bertz CT molecular complexity index is 219. The summed E-state index contributed by atoms with van der Waals surface area (Å²) in [6.07, 6.45) is 0. The third-order valence-electron chi connectivity index (χ3n) is 2.89. The molecule has 5 heteroatoms. The van der Waals surface area contributed by atoms with Crippen LogP contribution in [-0.4, -0.2) is 80.5 Å². The number of nitrogens with two attached hydrogens (primary N) is 1. The van der Waals surface area contributed by atoms with Gasteiger partial charge in [0.1, 0.15) is 6.04 Å². The van der Waals surface area contributed by atoms with Gasteiger partial charge in [-0.2, -0.15) is 0 Å². The third kappa shape index (κ3) is 3.15. The molecule has 1 aliphatic heterocycles. The zero-order chi connectivity index (χ0) is 11.4. The zero-order valence-corrected chi connectivity index (χ0v) is 9.94. The summed E-state index contributed by atoms with van der Waals surface area (Å²) in [6.45, 7) is 3.86. The molecule has 1 saturated heterocycles. The molecule has 2 N–H and O–H groups in total. The fourth-order valence-electron chi connectivity index (χ4n) is 1.77. The molecule has 0 bridgehead atoms. The van der Waals surface area contributed by atoms with Crippen LogP contribution in [0.2, 0.25) is 0 Å². The second-order valence-corrected chi connectivity index (χ2v) is 4.36. The van der Waals surface area contributed by atoms with Gasteiger partial charge in [0.05, 0.1) is 0 Å². The number of amides is 1. The van der Waals surface area contributed by atoms with Crippen LogP contribution in [0.1, 0.15) is 0 Å². The quantitative estimate of drug-likeness (QED) is 0.629. The highest BCUT2D eigenvalue weighted by atomic mass is 16.2. The van der Waals surface area contributed by atoms with E-state index in [2.05, 4.69) is 4.90 Å². The number of nitrogens with zero attached hydrogens (tertiary/aromatic N) is 3. The van der Waals surface area contributed by atoms with Crippen LogP contribution in [0, 0.1) is 0 Å². The standard InChI is InChI=1S/C10H22N4O/c1-12(2)4-6-14-7-5-13(3)9(8-11)10(14)15/h9H,4-8,11H2,1-3H3. The van der Waals surface area contributed by atoms with Crippen molar-refractivity contribution < 1.29 is 4.79 Å². The Balaban J connectivity index is 2.49. The average molecular weight is 214 g/mol. The summed E-state index contributed by atoms with van der Waals surface area (Å²) in [5.41, 5.74) is 5.60. The summed E-state index contributed by atoms with van der Waals surface area (Å²) < 4.78 is 0. The van der Waals surface area contributed by atoms with Gasteiger partial charge < -0.3 is 15.5 Å². The predicted octanol–water partition coefficient (Wildman–Crippen LogP) is -1.35. The van der Waals surface area contributed by atoms with Crippen molar-refractivity contribution in [3.8, 4) is 0 Å². The molecule has 0 aromatic rings. The smallest absolute Gasteiger partial charge is 0.241 e. The van der Waals surface area contributed by atoms with E-state index >= 15 is 0 Å². The van der Waals surface area contributed by atoms with E-state index in [0.29, 0.717) is 6.54 Å². The van der Waals surface area contributed by atoms with Crippen molar-refractivity contribution in [1.82, 2.24) is 14.7 Å². The van der Waals surface area contributed by atoms with Crippen LogP contribution in [0.3, 0.4) is 0 Å². The van der Waals surface area contributed by atoms with Crippen molar-refractivity contribution in [3.05, 3.63) is 0 Å². The molecule has 1 heterocycles. The number of likely N-dealkylation sites (N-methyl/N-ethyl adjacent to an activating group) is 2. The summed E-state index contributed by atoms with van der Waals surface area (Å²) in [4.78, 5) is 18.0. The highest BCUT2D eigenvalue weighted by Crippen LogP contribution is 2.08. The lowest BCUT2D eigenvalue weighted by molar-refractivity contribution is -0.140. The maximum absolute atomic E-state index is 12.0. The molecule has 88 valence electrons. The molecule has 5 nitrogen and oxygen atoms in total. The highest BCUT2D eigenvalue weighted by Gasteiger charge is 2.30. The van der Waals surface area contributed by atoms with Crippen LogP contribution in [0.5, 0.6) is 0 Å². The molecule has 0 radical (unpaired) electrons. The lowest BCUT2D eigenvalue weighted by Crippen LogP contribution is -2.58. The van der Waals surface area contributed by atoms with Crippen LogP contribution in [-0.2, 0) is 4.79 Å². The van der Waals surface area contributed by atoms with E-state index in [1.807, 2.05) is 30.9 Å². The minimum Gasteiger partial charge on any atom is -0.339 e. The van der Waals surface area contributed by atoms with Gasteiger partial charge >= 0.3 is 0 Å². The van der Waals surface area contributed by atoms with E-state index in [0.717, 1.165) is 26.2 Å². The molecule has 1 atom stereocenters. The van der Waals surface area contributed by atoms with Crippen molar-refractivity contribution in [2.24, 2.45) is 5.73 Å². The van der Waals surface area contributed by atoms with Crippen molar-refractivity contribution in [1.29, 1.82) is 0 Å². The summed E-state index contributed by atoms with van der Waals surface area (Å²) in [5.74, 6) is 0.174. The Morgan fingerprint density at radius 1 is 1.47 bits per heavy atom. The zero-order valence-electron chi connectivity index (χ0n) is 9.94. The second kappa shape index (κ2) is 5.44. The molecule has 1 fully saturated rings. The summed E-state index contributed by atoms with van der Waals surface area (Å²) >= 11 is 0. The molecular weight excluding hydrogens is 192 g/mol. The van der Waals surface area contributed by atoms with Crippen LogP contribution in [0.4, 0.5) is 0 Å². The van der Waals surface area contributed by atoms with Gasteiger partial charge in [-0.15, -0.1) is 0 Å². The number of carbonyl (C=O) groups excluding carboxylic acids is 1. The SMILES string of the molecule is CN(C)CCN1CCN(C)C(CN)C1=O. The Labute approximate surface area is 91.8 Å². The second-order valence-electron chi connectivity index (χ2n) is 4.36. The van der Waals surface area contributed by atoms with E-state index in [1.165, 1.54) is 0 Å². The molecule has 1 unspecified atom stereocenters. The number of hydrogen-bond acceptors (Lipinski definition) is 4. The van der Waals surface area contributed by atoms with Gasteiger partial charge in [0, 0.05) is 32.7 Å². The van der Waals surface area contributed by atoms with Crippen molar-refractivity contribution >= 4 is 5.91 Å². The first kappa shape index (κ1) is 12.4. The van der Waals surface area contributed by atoms with Crippen molar-refractivity contribution in [3.63, 3.8) is 0 Å². The fourth-order valence-corrected chi connectivity index (χ4v) is 1.77. The van der Waals surface area contributed by atoms with Crippen LogP contribution in [0.15, 0.2) is 0 Å². The molecule has 1 aliphatic rings. The molecule has 0 aliphatic carbocycles. The van der Waals surface area contributed by atoms with Crippen molar-refractivity contribution in [2.75, 3.05) is 53.9 Å². The average Bonchev–Trinajstić information content (AvgIpc) is 2.17. The molecule has 0 spiro atoms. The predicted molar refractivity (Wildman–Crippen MR) is 60.6 cm³/mol. The summed E-state index contributed by atoms with van der Waals surface area (Å²) in [5, 5.41) is 0. The summed E-state index contributed by atoms with van der Waals surface area (Å²) in [6, 6.07) is -0.124. The lowest BCUT2D eigenvalue weighted by Gasteiger charge is -2.38. The van der Waals surface area contributed by atoms with Gasteiger partial charge in [-0.1, -0.05) is 0 Å². The molecular formula is C10H22N4O. The number of hydrogen-bond donors (Lipinski definition) is 1. The van der Waals surface area contributed by atoms with Gasteiger partial charge in [0.2, 0.25) is 5.91 Å². The lowest BCUT2D eigenvalue weighted by atomic mass is 10.1.